The zero-order chi connectivity index (χ0) is 22.9. The molecule has 2 aromatic rings. The molecular weight excluding hydrogens is 506 g/mol. The molecule has 2 aromatic heterocycles. The monoisotopic (exact) mass is 538 g/mol. The van der Waals surface area contributed by atoms with Crippen LogP contribution in [0.3, 0.4) is 0 Å². The standard InChI is InChI=1S/2C6H7N.C5H10N3.C5H8.2ClH.Ru/c2*1-6-2-4-7-5-3-6;1-5-6-8(3)4-7(5)2;1-4-5(2)3;;;/h2*2-5H,1H3;4H,1-3H3;1,4H,2-3H3;2*1H;/q;;-1;;;;+2/p-2. The van der Waals surface area contributed by atoms with Crippen molar-refractivity contribution in [1.29, 1.82) is 0 Å². The third kappa shape index (κ3) is 17.3. The van der Waals surface area contributed by atoms with Crippen molar-refractivity contribution in [1.82, 2.24) is 19.9 Å². The van der Waals surface area contributed by atoms with Crippen LogP contribution in [-0.4, -0.2) is 44.4 Å². The molecule has 0 atom stereocenters. The van der Waals surface area contributed by atoms with Crippen molar-refractivity contribution in [2.45, 2.75) is 34.6 Å². The molecule has 0 unspecified atom stereocenters. The Balaban J connectivity index is 0.000000374. The summed E-state index contributed by atoms with van der Waals surface area (Å²) in [6.07, 6.45) is 9.11. The number of pyridine rings is 2. The largest absolute Gasteiger partial charge is 0.491 e. The van der Waals surface area contributed by atoms with Gasteiger partial charge in [0.05, 0.1) is 5.84 Å². The maximum absolute atomic E-state index is 5.53. The van der Waals surface area contributed by atoms with Gasteiger partial charge in [-0.25, -0.2) is 0 Å². The second kappa shape index (κ2) is 17.1. The summed E-state index contributed by atoms with van der Waals surface area (Å²) in [6.45, 7) is 12.0. The summed E-state index contributed by atoms with van der Waals surface area (Å²) >= 11 is -1.52. The Morgan fingerprint density at radius 1 is 0.900 bits per heavy atom. The van der Waals surface area contributed by atoms with Crippen LogP contribution in [0.15, 0.2) is 65.8 Å². The van der Waals surface area contributed by atoms with Crippen LogP contribution in [0, 0.1) is 20.5 Å². The summed E-state index contributed by atoms with van der Waals surface area (Å²) in [7, 11) is 14.9. The summed E-state index contributed by atoms with van der Waals surface area (Å²) in [6, 6.07) is 7.89. The number of halogens is 2. The molecule has 0 N–H and O–H groups in total. The Morgan fingerprint density at radius 3 is 1.47 bits per heavy atom. The summed E-state index contributed by atoms with van der Waals surface area (Å²) < 4.78 is 1.88. The molecule has 0 aromatic carbocycles. The van der Waals surface area contributed by atoms with Gasteiger partial charge >= 0.3 is 63.0 Å². The topological polar surface area (TPSA) is 44.6 Å². The van der Waals surface area contributed by atoms with Crippen molar-refractivity contribution >= 4 is 29.8 Å². The minimum atomic E-state index is -1.52. The van der Waals surface area contributed by atoms with Crippen molar-refractivity contribution in [3.8, 4) is 0 Å². The predicted molar refractivity (Wildman–Crippen MR) is 128 cm³/mol. The molecule has 5 nitrogen and oxygen atoms in total. The van der Waals surface area contributed by atoms with Crippen LogP contribution in [0.2, 0.25) is 0 Å². The fourth-order valence-corrected chi connectivity index (χ4v) is 3.00. The van der Waals surface area contributed by atoms with Gasteiger partial charge in [-0.05, 0) is 70.3 Å². The molecule has 3 rings (SSSR count). The molecule has 168 valence electrons. The van der Waals surface area contributed by atoms with Crippen LogP contribution in [0.25, 0.3) is 0 Å². The number of hydrogen-bond acceptors (Lipinski definition) is 5. The van der Waals surface area contributed by atoms with Crippen LogP contribution >= 0.6 is 19.4 Å². The average Bonchev–Trinajstić information content (AvgIpc) is 2.98. The van der Waals surface area contributed by atoms with Gasteiger partial charge in [0.1, 0.15) is 0 Å². The van der Waals surface area contributed by atoms with Gasteiger partial charge in [-0.15, -0.1) is 6.67 Å². The van der Waals surface area contributed by atoms with E-state index in [1.807, 2.05) is 95.2 Å². The Labute approximate surface area is 194 Å². The summed E-state index contributed by atoms with van der Waals surface area (Å²) in [5, 5.41) is 5.88. The van der Waals surface area contributed by atoms with Crippen LogP contribution in [0.4, 0.5) is 0 Å². The van der Waals surface area contributed by atoms with E-state index in [2.05, 4.69) is 15.1 Å². The second-order valence-electron chi connectivity index (χ2n) is 6.56. The number of aryl methyl sites for hydroxylation is 2. The predicted octanol–water partition coefficient (Wildman–Crippen LogP) is 5.78. The first-order valence-electron chi connectivity index (χ1n) is 9.17. The number of nitrogens with zero attached hydrogens (tertiary/aromatic N) is 5. The van der Waals surface area contributed by atoms with Crippen LogP contribution < -0.4 is 0 Å². The molecule has 1 aliphatic rings. The van der Waals surface area contributed by atoms with E-state index < -0.39 is 13.5 Å². The molecule has 0 aliphatic carbocycles. The van der Waals surface area contributed by atoms with E-state index in [-0.39, 0.29) is 0 Å². The van der Waals surface area contributed by atoms with E-state index in [1.54, 1.807) is 29.8 Å². The van der Waals surface area contributed by atoms with E-state index in [1.165, 1.54) is 16.7 Å². The van der Waals surface area contributed by atoms with E-state index >= 15 is 0 Å². The van der Waals surface area contributed by atoms with Crippen molar-refractivity contribution in [2.75, 3.05) is 14.1 Å². The van der Waals surface area contributed by atoms with Crippen LogP contribution in [0.1, 0.15) is 31.9 Å². The molecule has 0 bridgehead atoms. The zero-order valence-electron chi connectivity index (χ0n) is 18.7. The first kappa shape index (κ1) is 28.4. The molecule has 0 saturated heterocycles. The molecule has 30 heavy (non-hydrogen) atoms. The van der Waals surface area contributed by atoms with Crippen LogP contribution in [0.5, 0.6) is 0 Å². The van der Waals surface area contributed by atoms with E-state index in [4.69, 9.17) is 19.4 Å². The third-order valence-corrected chi connectivity index (χ3v) is 5.11. The van der Waals surface area contributed by atoms with Gasteiger partial charge < -0.3 is 9.91 Å². The van der Waals surface area contributed by atoms with Crippen molar-refractivity contribution in [3.05, 3.63) is 78.5 Å². The number of rotatable bonds is 1. The summed E-state index contributed by atoms with van der Waals surface area (Å²) in [4.78, 5) is 9.66. The van der Waals surface area contributed by atoms with Gasteiger partial charge in [0.2, 0.25) is 0 Å². The van der Waals surface area contributed by atoms with Gasteiger partial charge in [-0.2, -0.15) is 5.10 Å². The minimum Gasteiger partial charge on any atom is -0.491 e. The first-order valence-corrected chi connectivity index (χ1v) is 14.7. The van der Waals surface area contributed by atoms with E-state index in [9.17, 15) is 0 Å². The number of hydrazone groups is 1. The van der Waals surface area contributed by atoms with Gasteiger partial charge in [-0.3, -0.25) is 9.97 Å². The molecule has 0 fully saturated rings. The minimum absolute atomic E-state index is 1.03. The molecule has 3 heterocycles. The number of hydrogen-bond donors (Lipinski definition) is 0. The van der Waals surface area contributed by atoms with Crippen molar-refractivity contribution < 1.29 is 13.5 Å². The van der Waals surface area contributed by atoms with E-state index in [0.717, 1.165) is 5.84 Å². The van der Waals surface area contributed by atoms with Crippen molar-refractivity contribution in [3.63, 3.8) is 0 Å². The maximum Gasteiger partial charge on any atom is 0.0904 e. The Hall–Kier alpha value is -1.62. The molecule has 0 spiro atoms. The number of amidine groups is 1. The van der Waals surface area contributed by atoms with Gasteiger partial charge in [0.15, 0.2) is 0 Å². The smallest absolute Gasteiger partial charge is 0.0904 e. The Bertz CT molecular complexity index is 734. The van der Waals surface area contributed by atoms with E-state index in [0.29, 0.717) is 0 Å². The van der Waals surface area contributed by atoms with Crippen molar-refractivity contribution in [2.24, 2.45) is 5.10 Å². The first-order chi connectivity index (χ1) is 14.1. The summed E-state index contributed by atoms with van der Waals surface area (Å²) in [5.41, 5.74) is 3.76. The Kier molecular flexibility index (Phi) is 16.2. The summed E-state index contributed by atoms with van der Waals surface area (Å²) in [5.74, 6) is 1.03. The molecule has 0 amide bonds. The fourth-order valence-electron chi connectivity index (χ4n) is 1.67. The molecule has 8 heteroatoms. The fraction of sp³-hybridized carbons (Fsp3) is 0.318. The average molecular weight is 539 g/mol. The number of allylic oxidation sites excluding steroid dienone is 2. The third-order valence-electron chi connectivity index (χ3n) is 3.33. The molecular formula is C22H32Cl2N5Ru-. The normalized spacial score (nSPS) is 12.0. The molecule has 0 radical (unpaired) electrons. The quantitative estimate of drug-likeness (QED) is 0.341. The molecule has 1 aliphatic heterocycles. The second-order valence-corrected chi connectivity index (χ2v) is 12.4. The van der Waals surface area contributed by atoms with Gasteiger partial charge in [0, 0.05) is 24.8 Å². The Morgan fingerprint density at radius 2 is 1.33 bits per heavy atom. The maximum atomic E-state index is 5.53. The van der Waals surface area contributed by atoms with Gasteiger partial charge in [-0.1, -0.05) is 0 Å². The zero-order valence-corrected chi connectivity index (χ0v) is 21.9. The van der Waals surface area contributed by atoms with Crippen LogP contribution in [-0.2, 0) is 13.5 Å². The molecule has 0 saturated carbocycles. The van der Waals surface area contributed by atoms with Gasteiger partial charge in [0.25, 0.3) is 0 Å². The number of aromatic nitrogens is 2. The SMILES string of the molecule is CC(C)=C[CH]=[Ru]([Cl])[Cl].CC1=NN(C)[CH-]N1C.Cc1ccncc1.Cc1ccncc1.